The van der Waals surface area contributed by atoms with Crippen LogP contribution >= 0.6 is 0 Å². The maximum absolute atomic E-state index is 3.07. The largest absolute Gasteiger partial charge is 0.400 e. The van der Waals surface area contributed by atoms with Crippen LogP contribution in [0.4, 0.5) is 0 Å². The summed E-state index contributed by atoms with van der Waals surface area (Å²) in [4.78, 5) is 0. The molecule has 0 aromatic carbocycles. The standard InChI is InChI=1S/C3H5NSi/c1-2-4-5-3-1/h1-5H. The highest BCUT2D eigenvalue weighted by Gasteiger charge is 1.56. The number of hydrogen-bond donors (Lipinski definition) is 1. The van der Waals surface area contributed by atoms with Crippen molar-refractivity contribution in [3.63, 3.8) is 0 Å². The van der Waals surface area contributed by atoms with Gasteiger partial charge < -0.3 is 4.64 Å². The molecule has 0 bridgehead atoms. The lowest BCUT2D eigenvalue weighted by Gasteiger charge is -1.48. The molecule has 1 aromatic rings. The number of aromatic nitrogens is 1. The summed E-state index contributed by atoms with van der Waals surface area (Å²) in [6, 6.07) is 2.04. The molecule has 0 unspecified atom stereocenters. The second kappa shape index (κ2) is 1.17. The summed E-state index contributed by atoms with van der Waals surface area (Å²) in [6.07, 6.45) is 1.97. The van der Waals surface area contributed by atoms with Gasteiger partial charge in [-0.15, -0.1) is 0 Å². The predicted octanol–water partition coefficient (Wildman–Crippen LogP) is 0.0851. The smallest absolute Gasteiger partial charge is 0.109 e. The van der Waals surface area contributed by atoms with E-state index in [1.165, 1.54) is 0 Å². The van der Waals surface area contributed by atoms with Crippen LogP contribution in [0.2, 0.25) is 0 Å². The third kappa shape index (κ3) is 0.448. The molecule has 0 saturated heterocycles. The van der Waals surface area contributed by atoms with E-state index in [9.17, 15) is 0 Å². The maximum atomic E-state index is 3.07. The van der Waals surface area contributed by atoms with Gasteiger partial charge in [-0.25, -0.2) is 0 Å². The molecule has 1 N–H and O–H groups in total. The normalized spacial score (nSPS) is 8.00. The summed E-state index contributed by atoms with van der Waals surface area (Å²) < 4.78 is 3.07. The fraction of sp³-hybridized carbons (Fsp3) is 0. The van der Waals surface area contributed by atoms with Crippen LogP contribution < -0.4 is 0 Å². The minimum Gasteiger partial charge on any atom is -0.400 e. The first-order chi connectivity index (χ1) is 2.50. The Kier molecular flexibility index (Phi) is 0.665. The minimum atomic E-state index is 0.440. The molecule has 1 nitrogen and oxygen atoms in total. The van der Waals surface area contributed by atoms with E-state index < -0.39 is 0 Å². The van der Waals surface area contributed by atoms with E-state index in [2.05, 4.69) is 10.3 Å². The van der Waals surface area contributed by atoms with Gasteiger partial charge in [0.05, 0.1) is 0 Å². The Morgan fingerprint density at radius 3 is 2.80 bits per heavy atom. The van der Waals surface area contributed by atoms with Gasteiger partial charge in [0.15, 0.2) is 0 Å². The van der Waals surface area contributed by atoms with Crippen LogP contribution in [0.5, 0.6) is 0 Å². The molecule has 26 valence electrons. The van der Waals surface area contributed by atoms with Crippen molar-refractivity contribution in [2.45, 2.75) is 0 Å². The van der Waals surface area contributed by atoms with Crippen molar-refractivity contribution >= 4 is 9.29 Å². The molecule has 0 amide bonds. The van der Waals surface area contributed by atoms with Crippen molar-refractivity contribution in [3.05, 3.63) is 17.9 Å². The molecule has 0 fully saturated rings. The average Bonchev–Trinajstić information content (AvgIpc) is 1.76. The van der Waals surface area contributed by atoms with Crippen molar-refractivity contribution in [3.8, 4) is 0 Å². The van der Waals surface area contributed by atoms with Gasteiger partial charge in [-0.3, -0.25) is 0 Å². The Hall–Kier alpha value is -0.373. The summed E-state index contributed by atoms with van der Waals surface area (Å²) in [5.41, 5.74) is 2.15. The van der Waals surface area contributed by atoms with E-state index in [0.717, 1.165) is 0 Å². The SMILES string of the molecule is c1c[nH][siH]c1. The van der Waals surface area contributed by atoms with Crippen molar-refractivity contribution in [2.75, 3.05) is 0 Å². The molecule has 0 aliphatic carbocycles. The van der Waals surface area contributed by atoms with Gasteiger partial charge >= 0.3 is 0 Å². The van der Waals surface area contributed by atoms with E-state index >= 15 is 0 Å². The van der Waals surface area contributed by atoms with Crippen molar-refractivity contribution in [2.24, 2.45) is 0 Å². The fourth-order valence-electron chi connectivity index (χ4n) is 0.278. The second-order valence-corrected chi connectivity index (χ2v) is 1.94. The van der Waals surface area contributed by atoms with Gasteiger partial charge in [-0.2, -0.15) is 0 Å². The number of aromatic amines is 1. The van der Waals surface area contributed by atoms with Crippen LogP contribution in [0.15, 0.2) is 17.9 Å². The van der Waals surface area contributed by atoms with Crippen LogP contribution in [0, 0.1) is 0 Å². The zero-order valence-electron chi connectivity index (χ0n) is 2.81. The molecule has 1 aromatic heterocycles. The molecular formula is C3H5NSi. The lowest BCUT2D eigenvalue weighted by Crippen LogP contribution is -1.56. The van der Waals surface area contributed by atoms with Gasteiger partial charge in [0.25, 0.3) is 0 Å². The highest BCUT2D eigenvalue weighted by atomic mass is 28.2. The van der Waals surface area contributed by atoms with Crippen LogP contribution in [0.25, 0.3) is 0 Å². The number of H-pyrrole nitrogens is 1. The fourth-order valence-corrected chi connectivity index (χ4v) is 0.833. The van der Waals surface area contributed by atoms with Gasteiger partial charge in [0, 0.05) is 0 Å². The van der Waals surface area contributed by atoms with Crippen LogP contribution in [-0.2, 0) is 0 Å². The van der Waals surface area contributed by atoms with Gasteiger partial charge in [0.1, 0.15) is 9.29 Å². The summed E-state index contributed by atoms with van der Waals surface area (Å²) >= 11 is 0. The third-order valence-electron chi connectivity index (χ3n) is 0.496. The summed E-state index contributed by atoms with van der Waals surface area (Å²) in [5.74, 6) is 0. The van der Waals surface area contributed by atoms with Crippen molar-refractivity contribution in [1.29, 1.82) is 0 Å². The molecule has 0 aliphatic heterocycles. The Bertz CT molecular complexity index is 63.4. The lowest BCUT2D eigenvalue weighted by atomic mass is 10.8. The van der Waals surface area contributed by atoms with Gasteiger partial charge in [-0.1, -0.05) is 11.7 Å². The minimum absolute atomic E-state index is 0.440. The Balaban J connectivity index is 3.13. The lowest BCUT2D eigenvalue weighted by molar-refractivity contribution is 1.57. The summed E-state index contributed by atoms with van der Waals surface area (Å²) in [5, 5.41) is 0. The molecule has 2 heteroatoms. The summed E-state index contributed by atoms with van der Waals surface area (Å²) in [7, 11) is 0.440. The number of hydrogen-bond acceptors (Lipinski definition) is 0. The highest BCUT2D eigenvalue weighted by molar-refractivity contribution is 6.20. The third-order valence-corrected chi connectivity index (χ3v) is 1.30. The average molecular weight is 83.2 g/mol. The molecule has 1 rings (SSSR count). The first-order valence-electron chi connectivity index (χ1n) is 1.58. The van der Waals surface area contributed by atoms with Crippen molar-refractivity contribution in [1.82, 2.24) is 4.64 Å². The van der Waals surface area contributed by atoms with Crippen LogP contribution in [-0.4, -0.2) is 13.9 Å². The predicted molar refractivity (Wildman–Crippen MR) is 23.5 cm³/mol. The number of nitrogens with one attached hydrogen (secondary N) is 1. The highest BCUT2D eigenvalue weighted by Crippen LogP contribution is 1.63. The quantitative estimate of drug-likeness (QED) is 0.428. The second-order valence-electron chi connectivity index (χ2n) is 0.885. The molecule has 1 heterocycles. The topological polar surface area (TPSA) is 15.8 Å². The molecule has 0 saturated carbocycles. The monoisotopic (exact) mass is 83.0 g/mol. The van der Waals surface area contributed by atoms with E-state index in [0.29, 0.717) is 9.29 Å². The van der Waals surface area contributed by atoms with Gasteiger partial charge in [0.2, 0.25) is 0 Å². The Morgan fingerprint density at radius 2 is 2.60 bits per heavy atom. The molecule has 0 spiro atoms. The van der Waals surface area contributed by atoms with E-state index in [4.69, 9.17) is 0 Å². The van der Waals surface area contributed by atoms with Crippen LogP contribution in [0.1, 0.15) is 0 Å². The molecule has 0 radical (unpaired) electrons. The van der Waals surface area contributed by atoms with Gasteiger partial charge in [-0.05, 0) is 6.20 Å². The molecule has 5 heavy (non-hydrogen) atoms. The zero-order chi connectivity index (χ0) is 3.54. The Labute approximate surface area is 32.9 Å². The first-order valence-corrected chi connectivity index (χ1v) is 2.82. The Morgan fingerprint density at radius 1 is 1.60 bits per heavy atom. The maximum Gasteiger partial charge on any atom is 0.109 e. The molecule has 0 atom stereocenters. The van der Waals surface area contributed by atoms with E-state index in [1.54, 1.807) is 0 Å². The van der Waals surface area contributed by atoms with Crippen LogP contribution in [0.3, 0.4) is 0 Å². The van der Waals surface area contributed by atoms with E-state index in [-0.39, 0.29) is 0 Å². The van der Waals surface area contributed by atoms with E-state index in [1.807, 2.05) is 12.3 Å². The first kappa shape index (κ1) is 2.84. The summed E-state index contributed by atoms with van der Waals surface area (Å²) in [6.45, 7) is 0. The number of rotatable bonds is 0. The zero-order valence-corrected chi connectivity index (χ0v) is 3.96. The molecular weight excluding hydrogens is 78.1 g/mol. The van der Waals surface area contributed by atoms with Crippen molar-refractivity contribution < 1.29 is 0 Å². The molecule has 0 aliphatic rings.